The lowest BCUT2D eigenvalue weighted by atomic mass is 9.89. The lowest BCUT2D eigenvalue weighted by Crippen LogP contribution is -2.41. The molecule has 0 aromatic rings. The molecule has 2 fully saturated rings. The van der Waals surface area contributed by atoms with Crippen molar-refractivity contribution in [1.82, 2.24) is 15.5 Å². The SMILES string of the molecule is CNC(=O)C(C)CN(C)C(=O)CC1CC2CCC(C1)N2.Cl. The highest BCUT2D eigenvalue weighted by Crippen LogP contribution is 2.32. The van der Waals surface area contributed by atoms with Crippen molar-refractivity contribution in [2.45, 2.75) is 51.1 Å². The van der Waals surface area contributed by atoms with Gasteiger partial charge in [0.2, 0.25) is 11.8 Å². The zero-order valence-corrected chi connectivity index (χ0v) is 14.0. The summed E-state index contributed by atoms with van der Waals surface area (Å²) < 4.78 is 0. The van der Waals surface area contributed by atoms with E-state index in [1.807, 2.05) is 6.92 Å². The van der Waals surface area contributed by atoms with Crippen LogP contribution in [0.15, 0.2) is 0 Å². The summed E-state index contributed by atoms with van der Waals surface area (Å²) in [5.74, 6) is 0.522. The van der Waals surface area contributed by atoms with Crippen molar-refractivity contribution in [3.63, 3.8) is 0 Å². The molecule has 0 spiro atoms. The second-order valence-corrected chi connectivity index (χ2v) is 6.47. The van der Waals surface area contributed by atoms with E-state index in [0.29, 0.717) is 31.0 Å². The monoisotopic (exact) mass is 317 g/mol. The summed E-state index contributed by atoms with van der Waals surface area (Å²) in [6, 6.07) is 1.25. The van der Waals surface area contributed by atoms with Gasteiger partial charge in [0.05, 0.1) is 5.92 Å². The third-order valence-electron chi connectivity index (χ3n) is 4.70. The maximum Gasteiger partial charge on any atom is 0.224 e. The van der Waals surface area contributed by atoms with E-state index >= 15 is 0 Å². The van der Waals surface area contributed by atoms with Gasteiger partial charge in [0, 0.05) is 39.1 Å². The molecule has 6 heteroatoms. The number of piperidine rings is 1. The Morgan fingerprint density at radius 1 is 1.29 bits per heavy atom. The number of carbonyl (C=O) groups is 2. The molecule has 21 heavy (non-hydrogen) atoms. The van der Waals surface area contributed by atoms with Gasteiger partial charge in [-0.3, -0.25) is 9.59 Å². The van der Waals surface area contributed by atoms with Crippen molar-refractivity contribution in [3.8, 4) is 0 Å². The van der Waals surface area contributed by atoms with Gasteiger partial charge in [-0.2, -0.15) is 0 Å². The molecule has 122 valence electrons. The first kappa shape index (κ1) is 18.2. The van der Waals surface area contributed by atoms with Gasteiger partial charge >= 0.3 is 0 Å². The average Bonchev–Trinajstić information content (AvgIpc) is 2.76. The number of fused-ring (bicyclic) bond motifs is 2. The third-order valence-corrected chi connectivity index (χ3v) is 4.70. The minimum atomic E-state index is -0.154. The number of hydrogen-bond donors (Lipinski definition) is 2. The highest BCUT2D eigenvalue weighted by molar-refractivity contribution is 5.85. The number of carbonyl (C=O) groups excluding carboxylic acids is 2. The summed E-state index contributed by atoms with van der Waals surface area (Å²) in [5.41, 5.74) is 0. The summed E-state index contributed by atoms with van der Waals surface area (Å²) in [7, 11) is 3.43. The molecule has 0 saturated carbocycles. The van der Waals surface area contributed by atoms with Crippen molar-refractivity contribution < 1.29 is 9.59 Å². The first-order valence-electron chi connectivity index (χ1n) is 7.71. The van der Waals surface area contributed by atoms with Crippen LogP contribution >= 0.6 is 12.4 Å². The summed E-state index contributed by atoms with van der Waals surface area (Å²) in [6.45, 7) is 2.35. The van der Waals surface area contributed by atoms with Crippen molar-refractivity contribution in [1.29, 1.82) is 0 Å². The minimum Gasteiger partial charge on any atom is -0.359 e. The van der Waals surface area contributed by atoms with Crippen molar-refractivity contribution in [2.24, 2.45) is 11.8 Å². The van der Waals surface area contributed by atoms with E-state index in [0.717, 1.165) is 12.8 Å². The Bertz CT molecular complexity index is 366. The number of rotatable bonds is 5. The first-order chi connectivity index (χ1) is 9.49. The van der Waals surface area contributed by atoms with Gasteiger partial charge in [-0.05, 0) is 31.6 Å². The molecule has 2 heterocycles. The van der Waals surface area contributed by atoms with Gasteiger partial charge < -0.3 is 15.5 Å². The number of nitrogens with one attached hydrogen (secondary N) is 2. The summed E-state index contributed by atoms with van der Waals surface area (Å²) >= 11 is 0. The van der Waals surface area contributed by atoms with Crippen LogP contribution in [0.1, 0.15) is 39.0 Å². The topological polar surface area (TPSA) is 61.4 Å². The Morgan fingerprint density at radius 3 is 2.38 bits per heavy atom. The number of nitrogens with zero attached hydrogens (tertiary/aromatic N) is 1. The lowest BCUT2D eigenvalue weighted by Gasteiger charge is -2.30. The van der Waals surface area contributed by atoms with Gasteiger partial charge in [0.1, 0.15) is 0 Å². The van der Waals surface area contributed by atoms with Crippen LogP contribution < -0.4 is 10.6 Å². The maximum absolute atomic E-state index is 12.3. The highest BCUT2D eigenvalue weighted by atomic mass is 35.5. The summed E-state index contributed by atoms with van der Waals surface area (Å²) in [6.07, 6.45) is 5.41. The van der Waals surface area contributed by atoms with Crippen LogP contribution in [-0.4, -0.2) is 49.4 Å². The second-order valence-electron chi connectivity index (χ2n) is 6.47. The molecule has 3 atom stereocenters. The molecular weight excluding hydrogens is 290 g/mol. The molecule has 0 aromatic carbocycles. The molecule has 5 nitrogen and oxygen atoms in total. The average molecular weight is 318 g/mol. The first-order valence-corrected chi connectivity index (χ1v) is 7.71. The van der Waals surface area contributed by atoms with E-state index in [2.05, 4.69) is 10.6 Å². The maximum atomic E-state index is 12.3. The van der Waals surface area contributed by atoms with Gasteiger partial charge in [-0.15, -0.1) is 12.4 Å². The van der Waals surface area contributed by atoms with Crippen LogP contribution in [0.2, 0.25) is 0 Å². The molecule has 0 radical (unpaired) electrons. The van der Waals surface area contributed by atoms with Crippen molar-refractivity contribution in [3.05, 3.63) is 0 Å². The highest BCUT2D eigenvalue weighted by Gasteiger charge is 2.34. The van der Waals surface area contributed by atoms with E-state index in [4.69, 9.17) is 0 Å². The minimum absolute atomic E-state index is 0. The number of hydrogen-bond acceptors (Lipinski definition) is 3. The predicted molar refractivity (Wildman–Crippen MR) is 85.4 cm³/mol. The standard InChI is InChI=1S/C15H27N3O2.ClH/c1-10(15(20)16-2)9-18(3)14(19)8-11-6-12-4-5-13(7-11)17-12;/h10-13,17H,4-9H2,1-3H3,(H,16,20);1H. The molecule has 2 rings (SSSR count). The fourth-order valence-corrected chi connectivity index (χ4v) is 3.59. The molecule has 3 unspecified atom stereocenters. The van der Waals surface area contributed by atoms with Gasteiger partial charge in [-0.25, -0.2) is 0 Å². The smallest absolute Gasteiger partial charge is 0.224 e. The normalized spacial score (nSPS) is 28.4. The van der Waals surface area contributed by atoms with Crippen LogP contribution in [0.5, 0.6) is 0 Å². The largest absolute Gasteiger partial charge is 0.359 e. The molecule has 0 aromatic heterocycles. The fraction of sp³-hybridized carbons (Fsp3) is 0.867. The Hall–Kier alpha value is -0.810. The zero-order valence-electron chi connectivity index (χ0n) is 13.2. The van der Waals surface area contributed by atoms with E-state index in [-0.39, 0.29) is 30.1 Å². The van der Waals surface area contributed by atoms with Crippen LogP contribution in [-0.2, 0) is 9.59 Å². The van der Waals surface area contributed by atoms with Gasteiger partial charge in [-0.1, -0.05) is 6.92 Å². The molecule has 2 aliphatic heterocycles. The summed E-state index contributed by atoms with van der Waals surface area (Å²) in [4.78, 5) is 25.5. The zero-order chi connectivity index (χ0) is 14.7. The molecule has 2 N–H and O–H groups in total. The van der Waals surface area contributed by atoms with E-state index in [1.54, 1.807) is 19.0 Å². The van der Waals surface area contributed by atoms with Crippen LogP contribution in [0.3, 0.4) is 0 Å². The summed E-state index contributed by atoms with van der Waals surface area (Å²) in [5, 5.41) is 6.22. The molecule has 0 aliphatic carbocycles. The Labute approximate surface area is 133 Å². The second kappa shape index (κ2) is 7.99. The van der Waals surface area contributed by atoms with Crippen LogP contribution in [0.4, 0.5) is 0 Å². The molecule has 2 aliphatic rings. The van der Waals surface area contributed by atoms with E-state index in [1.165, 1.54) is 12.8 Å². The molecule has 2 bridgehead atoms. The predicted octanol–water partition coefficient (Wildman–Crippen LogP) is 1.17. The molecular formula is C15H28ClN3O2. The van der Waals surface area contributed by atoms with Gasteiger partial charge in [0.25, 0.3) is 0 Å². The third kappa shape index (κ3) is 4.85. The van der Waals surface area contributed by atoms with Gasteiger partial charge in [0.15, 0.2) is 0 Å². The van der Waals surface area contributed by atoms with Crippen LogP contribution in [0.25, 0.3) is 0 Å². The quantitative estimate of drug-likeness (QED) is 0.800. The Kier molecular flexibility index (Phi) is 6.94. The Balaban J connectivity index is 0.00000220. The van der Waals surface area contributed by atoms with E-state index in [9.17, 15) is 9.59 Å². The van der Waals surface area contributed by atoms with Crippen LogP contribution in [0, 0.1) is 11.8 Å². The Morgan fingerprint density at radius 2 is 1.86 bits per heavy atom. The number of amides is 2. The lowest BCUT2D eigenvalue weighted by molar-refractivity contribution is -0.133. The van der Waals surface area contributed by atoms with Crippen molar-refractivity contribution >= 4 is 24.2 Å². The number of halogens is 1. The fourth-order valence-electron chi connectivity index (χ4n) is 3.59. The molecule has 2 amide bonds. The molecule has 2 saturated heterocycles. The van der Waals surface area contributed by atoms with E-state index < -0.39 is 0 Å². The van der Waals surface area contributed by atoms with Crippen molar-refractivity contribution in [2.75, 3.05) is 20.6 Å².